The van der Waals surface area contributed by atoms with Crippen LogP contribution >= 0.6 is 11.8 Å². The van der Waals surface area contributed by atoms with Crippen LogP contribution in [0.2, 0.25) is 0 Å². The minimum absolute atomic E-state index is 0.0840. The molecule has 23 heavy (non-hydrogen) atoms. The van der Waals surface area contributed by atoms with E-state index in [1.807, 2.05) is 0 Å². The zero-order valence-electron chi connectivity index (χ0n) is 12.1. The van der Waals surface area contributed by atoms with Crippen molar-refractivity contribution < 1.29 is 36.6 Å². The number of aliphatic carboxylic acids is 1. The minimum Gasteiger partial charge on any atom is -0.493 e. The lowest BCUT2D eigenvalue weighted by molar-refractivity contribution is -0.156. The lowest BCUT2D eigenvalue weighted by Gasteiger charge is -2.26. The summed E-state index contributed by atoms with van der Waals surface area (Å²) < 4.78 is 69.2. The maximum atomic E-state index is 13.8. The Hall–Kier alpha value is -1.51. The molecule has 1 fully saturated rings. The van der Waals surface area contributed by atoms with Gasteiger partial charge in [0.25, 0.3) is 0 Å². The van der Waals surface area contributed by atoms with Gasteiger partial charge in [-0.2, -0.15) is 17.6 Å². The molecule has 0 aliphatic carbocycles. The average Bonchev–Trinajstić information content (AvgIpc) is 2.81. The van der Waals surface area contributed by atoms with E-state index in [2.05, 4.69) is 0 Å². The number of hydrogen-bond donors (Lipinski definition) is 1. The Balaban J connectivity index is 2.53. The molecular weight excluding hydrogens is 343 g/mol. The van der Waals surface area contributed by atoms with E-state index in [-0.39, 0.29) is 17.3 Å². The number of benzene rings is 1. The summed E-state index contributed by atoms with van der Waals surface area (Å²) >= 11 is 0.264. The summed E-state index contributed by atoms with van der Waals surface area (Å²) in [5.74, 6) is -5.73. The monoisotopic (exact) mass is 356 g/mol. The van der Waals surface area contributed by atoms with Gasteiger partial charge in [-0.15, -0.1) is 11.8 Å². The van der Waals surface area contributed by atoms with Crippen molar-refractivity contribution in [2.45, 2.75) is 35.4 Å². The number of carboxylic acid groups (broad SMARTS) is 1. The molecule has 1 N–H and O–H groups in total. The molecule has 1 aliphatic heterocycles. The summed E-state index contributed by atoms with van der Waals surface area (Å²) in [5, 5.41) is 7.79. The van der Waals surface area contributed by atoms with E-state index < -0.39 is 51.9 Å². The fraction of sp³-hybridized carbons (Fsp3) is 0.500. The first-order valence-electron chi connectivity index (χ1n) is 6.51. The molecule has 128 valence electrons. The summed E-state index contributed by atoms with van der Waals surface area (Å²) in [6.45, 7) is 0.903. The second-order valence-electron chi connectivity index (χ2n) is 5.40. The van der Waals surface area contributed by atoms with Gasteiger partial charge in [0.2, 0.25) is 5.82 Å². The molecule has 3 unspecified atom stereocenters. The molecule has 3 atom stereocenters. The van der Waals surface area contributed by atoms with Crippen LogP contribution in [0.1, 0.15) is 24.8 Å². The highest BCUT2D eigenvalue weighted by Crippen LogP contribution is 2.58. The van der Waals surface area contributed by atoms with Crippen molar-refractivity contribution in [3.05, 3.63) is 29.3 Å². The summed E-state index contributed by atoms with van der Waals surface area (Å²) in [5.41, 5.74) is -0.0840. The van der Waals surface area contributed by atoms with Gasteiger partial charge in [-0.3, -0.25) is 4.79 Å². The molecule has 0 saturated carbocycles. The predicted molar refractivity (Wildman–Crippen MR) is 73.7 cm³/mol. The van der Waals surface area contributed by atoms with Gasteiger partial charge in [-0.05, 0) is 19.4 Å². The van der Waals surface area contributed by atoms with Crippen LogP contribution in [0.4, 0.5) is 22.0 Å². The van der Waals surface area contributed by atoms with Gasteiger partial charge in [-0.25, -0.2) is 4.39 Å². The SMILES string of the molecule is COc1c(C2CC(C)(C(F)(F)F)SC2C(=O)O)ccc(F)c1F. The highest BCUT2D eigenvalue weighted by molar-refractivity contribution is 8.02. The van der Waals surface area contributed by atoms with Crippen LogP contribution in [-0.2, 0) is 4.79 Å². The first kappa shape index (κ1) is 17.8. The first-order valence-corrected chi connectivity index (χ1v) is 7.39. The van der Waals surface area contributed by atoms with Crippen LogP contribution in [0.15, 0.2) is 12.1 Å². The number of halogens is 5. The third-order valence-corrected chi connectivity index (χ3v) is 5.59. The molecule has 0 aromatic heterocycles. The number of alkyl halides is 3. The summed E-state index contributed by atoms with van der Waals surface area (Å²) in [7, 11) is 1.04. The van der Waals surface area contributed by atoms with E-state index in [1.54, 1.807) is 0 Å². The van der Waals surface area contributed by atoms with Crippen LogP contribution in [0.5, 0.6) is 5.75 Å². The number of hydrogen-bond acceptors (Lipinski definition) is 3. The largest absolute Gasteiger partial charge is 0.493 e. The van der Waals surface area contributed by atoms with Crippen LogP contribution < -0.4 is 4.74 Å². The fourth-order valence-corrected chi connectivity index (χ4v) is 4.14. The van der Waals surface area contributed by atoms with Crippen molar-refractivity contribution in [1.29, 1.82) is 0 Å². The Kier molecular flexibility index (Phi) is 4.53. The number of carboxylic acids is 1. The molecule has 0 amide bonds. The molecule has 1 saturated heterocycles. The van der Waals surface area contributed by atoms with E-state index >= 15 is 0 Å². The normalized spacial score (nSPS) is 28.0. The van der Waals surface area contributed by atoms with E-state index in [9.17, 15) is 31.9 Å². The van der Waals surface area contributed by atoms with Gasteiger partial charge >= 0.3 is 12.1 Å². The van der Waals surface area contributed by atoms with Crippen LogP contribution in [-0.4, -0.2) is 34.4 Å². The van der Waals surface area contributed by atoms with E-state index in [0.29, 0.717) is 0 Å². The number of methoxy groups -OCH3 is 1. The topological polar surface area (TPSA) is 46.5 Å². The molecule has 1 heterocycles. The number of ether oxygens (including phenoxy) is 1. The first-order chi connectivity index (χ1) is 10.5. The van der Waals surface area contributed by atoms with Crippen molar-refractivity contribution >= 4 is 17.7 Å². The van der Waals surface area contributed by atoms with E-state index in [4.69, 9.17) is 4.74 Å². The molecule has 0 bridgehead atoms. The molecule has 9 heteroatoms. The Morgan fingerprint density at radius 3 is 2.48 bits per heavy atom. The zero-order chi connectivity index (χ0) is 17.6. The smallest absolute Gasteiger partial charge is 0.403 e. The second kappa shape index (κ2) is 5.85. The molecule has 1 aliphatic rings. The summed E-state index contributed by atoms with van der Waals surface area (Å²) in [6, 6.07) is 1.82. The number of thioether (sulfide) groups is 1. The molecule has 1 aromatic carbocycles. The highest BCUT2D eigenvalue weighted by Gasteiger charge is 2.61. The van der Waals surface area contributed by atoms with E-state index in [0.717, 1.165) is 26.2 Å². The molecule has 0 radical (unpaired) electrons. The molecule has 1 aromatic rings. The summed E-state index contributed by atoms with van der Waals surface area (Å²) in [4.78, 5) is 11.4. The number of rotatable bonds is 3. The van der Waals surface area contributed by atoms with Gasteiger partial charge in [0, 0.05) is 11.5 Å². The van der Waals surface area contributed by atoms with Gasteiger partial charge in [0.15, 0.2) is 11.6 Å². The van der Waals surface area contributed by atoms with Crippen molar-refractivity contribution in [1.82, 2.24) is 0 Å². The Labute approximate surface area is 132 Å². The molecule has 2 rings (SSSR count). The van der Waals surface area contributed by atoms with Gasteiger partial charge in [0.05, 0.1) is 7.11 Å². The average molecular weight is 356 g/mol. The molecule has 3 nitrogen and oxygen atoms in total. The van der Waals surface area contributed by atoms with Crippen molar-refractivity contribution in [2.24, 2.45) is 0 Å². The second-order valence-corrected chi connectivity index (χ2v) is 7.04. The predicted octanol–water partition coefficient (Wildman–Crippen LogP) is 3.97. The van der Waals surface area contributed by atoms with Crippen LogP contribution in [0, 0.1) is 11.6 Å². The maximum absolute atomic E-state index is 13.8. The Morgan fingerprint density at radius 1 is 1.39 bits per heavy atom. The molecule has 0 spiro atoms. The minimum atomic E-state index is -4.63. The standard InChI is InChI=1S/C14H13F5O3S/c1-13(14(17,18)19)5-7(11(23-13)12(20)21)6-3-4-8(15)9(16)10(6)22-2/h3-4,7,11H,5H2,1-2H3,(H,20,21). The van der Waals surface area contributed by atoms with Crippen molar-refractivity contribution in [3.8, 4) is 5.75 Å². The van der Waals surface area contributed by atoms with Crippen molar-refractivity contribution in [2.75, 3.05) is 7.11 Å². The Morgan fingerprint density at radius 2 is 2.00 bits per heavy atom. The highest BCUT2D eigenvalue weighted by atomic mass is 32.2. The number of carbonyl (C=O) groups is 1. The molecular formula is C14H13F5O3S. The lowest BCUT2D eigenvalue weighted by atomic mass is 9.86. The van der Waals surface area contributed by atoms with Crippen LogP contribution in [0.3, 0.4) is 0 Å². The van der Waals surface area contributed by atoms with Gasteiger partial charge in [-0.1, -0.05) is 6.07 Å². The van der Waals surface area contributed by atoms with Gasteiger partial charge in [0.1, 0.15) is 10.00 Å². The van der Waals surface area contributed by atoms with Crippen molar-refractivity contribution in [3.63, 3.8) is 0 Å². The van der Waals surface area contributed by atoms with Gasteiger partial charge < -0.3 is 9.84 Å². The lowest BCUT2D eigenvalue weighted by Crippen LogP contribution is -2.37. The third kappa shape index (κ3) is 2.98. The zero-order valence-corrected chi connectivity index (χ0v) is 12.9. The Bertz CT molecular complexity index is 634. The van der Waals surface area contributed by atoms with E-state index in [1.165, 1.54) is 0 Å². The van der Waals surface area contributed by atoms with Crippen LogP contribution in [0.25, 0.3) is 0 Å². The summed E-state index contributed by atoms with van der Waals surface area (Å²) in [6.07, 6.45) is -5.20. The third-order valence-electron chi connectivity index (χ3n) is 3.89. The quantitative estimate of drug-likeness (QED) is 0.833. The maximum Gasteiger partial charge on any atom is 0.403 e. The fourth-order valence-electron chi connectivity index (χ4n) is 2.66.